The third-order valence-corrected chi connectivity index (χ3v) is 7.36. The van der Waals surface area contributed by atoms with E-state index in [2.05, 4.69) is 14.2 Å². The van der Waals surface area contributed by atoms with Crippen molar-refractivity contribution in [3.05, 3.63) is 113 Å². The topological polar surface area (TPSA) is 27.7 Å². The van der Waals surface area contributed by atoms with E-state index in [9.17, 15) is 52.7 Å². The molecule has 270 valence electrons. The zero-order valence-electron chi connectivity index (χ0n) is 26.1. The number of benzene rings is 4. The van der Waals surface area contributed by atoms with Crippen molar-refractivity contribution in [1.82, 2.24) is 0 Å². The summed E-state index contributed by atoms with van der Waals surface area (Å²) >= 11 is 0. The molecule has 0 heterocycles. The van der Waals surface area contributed by atoms with E-state index in [1.165, 1.54) is 0 Å². The molecule has 0 unspecified atom stereocenters. The summed E-state index contributed by atoms with van der Waals surface area (Å²) in [6.45, 7) is 2.05. The summed E-state index contributed by atoms with van der Waals surface area (Å²) in [7, 11) is 0. The summed E-state index contributed by atoms with van der Waals surface area (Å²) in [5.41, 5.74) is -3.78. The van der Waals surface area contributed by atoms with Crippen LogP contribution in [0.15, 0.2) is 66.7 Å². The highest BCUT2D eigenvalue weighted by Gasteiger charge is 2.42. The molecule has 3 nitrogen and oxygen atoms in total. The lowest BCUT2D eigenvalue weighted by molar-refractivity contribution is -0.275. The molecule has 0 spiro atoms. The Morgan fingerprint density at radius 2 is 1.06 bits per heavy atom. The maximum absolute atomic E-state index is 15.0. The fraction of sp³-hybridized carbons (Fsp3) is 0.314. The Labute approximate surface area is 278 Å². The lowest BCUT2D eigenvalue weighted by atomic mass is 10.0. The Morgan fingerprint density at radius 3 is 1.62 bits per heavy atom. The highest BCUT2D eigenvalue weighted by atomic mass is 19.4. The van der Waals surface area contributed by atoms with Crippen LogP contribution in [-0.4, -0.2) is 6.36 Å². The highest BCUT2D eigenvalue weighted by molar-refractivity contribution is 5.66. The number of ether oxygens (including phenoxy) is 3. The molecule has 0 radical (unpaired) electrons. The van der Waals surface area contributed by atoms with Gasteiger partial charge in [0.15, 0.2) is 11.6 Å². The smallest absolute Gasteiger partial charge is 0.429 e. The normalized spacial score (nSPS) is 12.3. The van der Waals surface area contributed by atoms with Crippen molar-refractivity contribution in [2.75, 3.05) is 0 Å². The second-order valence-electron chi connectivity index (χ2n) is 11.2. The zero-order valence-corrected chi connectivity index (χ0v) is 26.1. The molecule has 0 aromatic heterocycles. The van der Waals surface area contributed by atoms with Gasteiger partial charge in [0.2, 0.25) is 0 Å². The van der Waals surface area contributed by atoms with Crippen molar-refractivity contribution in [3.8, 4) is 28.4 Å². The summed E-state index contributed by atoms with van der Waals surface area (Å²) < 4.78 is 182. The zero-order chi connectivity index (χ0) is 36.9. The molecule has 4 aromatic carbocycles. The van der Waals surface area contributed by atoms with Crippen LogP contribution < -0.4 is 14.2 Å². The number of aryl methyl sites for hydroxylation is 1. The number of rotatable bonds is 15. The van der Waals surface area contributed by atoms with Gasteiger partial charge in [-0.05, 0) is 60.4 Å². The highest BCUT2D eigenvalue weighted by Crippen LogP contribution is 2.39. The molecule has 15 heteroatoms. The van der Waals surface area contributed by atoms with E-state index in [4.69, 9.17) is 0 Å². The van der Waals surface area contributed by atoms with Crippen LogP contribution in [0.25, 0.3) is 11.1 Å². The van der Waals surface area contributed by atoms with Gasteiger partial charge in [-0.25, -0.2) is 22.0 Å². The Balaban J connectivity index is 1.46. The lowest BCUT2D eigenvalue weighted by Crippen LogP contribution is -2.25. The fourth-order valence-electron chi connectivity index (χ4n) is 5.03. The SMILES string of the molecule is CCCCCCCCc1cc(F)c(C(F)(F)Oc2cc(F)c(-c3ccc(C(F)(F)Oc4ccc(OC(F)(F)F)c(F)c4)cc3)c(F)c2)c(F)c1. The Morgan fingerprint density at radius 1 is 0.520 bits per heavy atom. The van der Waals surface area contributed by atoms with E-state index in [0.717, 1.165) is 56.4 Å². The minimum Gasteiger partial charge on any atom is -0.429 e. The Kier molecular flexibility index (Phi) is 11.9. The number of hydrogen-bond donors (Lipinski definition) is 0. The van der Waals surface area contributed by atoms with Crippen molar-refractivity contribution in [1.29, 1.82) is 0 Å². The molecule has 0 fully saturated rings. The van der Waals surface area contributed by atoms with Crippen molar-refractivity contribution in [3.63, 3.8) is 0 Å². The van der Waals surface area contributed by atoms with Crippen LogP contribution in [0, 0.1) is 29.1 Å². The lowest BCUT2D eigenvalue weighted by Gasteiger charge is -2.21. The maximum atomic E-state index is 15.0. The predicted octanol–water partition coefficient (Wildman–Crippen LogP) is 12.1. The van der Waals surface area contributed by atoms with Gasteiger partial charge in [0.25, 0.3) is 0 Å². The standard InChI is InChI=1S/C35H28F12O3/c1-2-3-4-5-6-7-8-20-15-28(39)32(29(40)16-20)34(43,44)49-24-18-26(37)31(27(38)19-24)21-9-11-22(12-10-21)33(41,42)48-23-13-14-30(25(36)17-23)50-35(45,46)47/h9-19H,2-8H2,1H3. The first-order valence-corrected chi connectivity index (χ1v) is 15.2. The van der Waals surface area contributed by atoms with Gasteiger partial charge in [-0.15, -0.1) is 13.2 Å². The summed E-state index contributed by atoms with van der Waals surface area (Å²) in [5, 5.41) is 0. The predicted molar refractivity (Wildman–Crippen MR) is 157 cm³/mol. The quantitative estimate of drug-likeness (QED) is 0.0903. The molecule has 0 atom stereocenters. The van der Waals surface area contributed by atoms with Crippen molar-refractivity contribution in [2.45, 2.75) is 70.4 Å². The van der Waals surface area contributed by atoms with Gasteiger partial charge in [0.05, 0.1) is 11.1 Å². The molecule has 0 N–H and O–H groups in total. The molecule has 4 aromatic rings. The summed E-state index contributed by atoms with van der Waals surface area (Å²) in [5.74, 6) is -11.2. The molecule has 0 aliphatic rings. The third kappa shape index (κ3) is 9.78. The van der Waals surface area contributed by atoms with Crippen molar-refractivity contribution < 1.29 is 66.9 Å². The number of alkyl halides is 7. The van der Waals surface area contributed by atoms with Crippen molar-refractivity contribution in [2.24, 2.45) is 0 Å². The Hall–Kier alpha value is -4.56. The van der Waals surface area contributed by atoms with E-state index < -0.39 is 81.6 Å². The van der Waals surface area contributed by atoms with E-state index in [1.807, 2.05) is 6.92 Å². The van der Waals surface area contributed by atoms with Crippen LogP contribution in [-0.2, 0) is 18.6 Å². The Bertz CT molecular complexity index is 1730. The van der Waals surface area contributed by atoms with Crippen LogP contribution in [0.1, 0.15) is 62.1 Å². The largest absolute Gasteiger partial charge is 0.573 e. The van der Waals surface area contributed by atoms with Gasteiger partial charge >= 0.3 is 18.6 Å². The van der Waals surface area contributed by atoms with Crippen LogP contribution in [0.4, 0.5) is 52.7 Å². The van der Waals surface area contributed by atoms with Crippen molar-refractivity contribution >= 4 is 0 Å². The average molecular weight is 725 g/mol. The minimum atomic E-state index is -5.25. The first-order chi connectivity index (χ1) is 23.4. The number of unbranched alkanes of at least 4 members (excludes halogenated alkanes) is 5. The van der Waals surface area contributed by atoms with Gasteiger partial charge in [-0.2, -0.15) is 17.6 Å². The number of halogens is 12. The summed E-state index contributed by atoms with van der Waals surface area (Å²) in [4.78, 5) is 0. The first kappa shape index (κ1) is 38.2. The fourth-order valence-corrected chi connectivity index (χ4v) is 5.03. The van der Waals surface area contributed by atoms with Gasteiger partial charge in [0.1, 0.15) is 40.3 Å². The molecule has 0 aliphatic heterocycles. The van der Waals surface area contributed by atoms with Crippen LogP contribution in [0.5, 0.6) is 17.2 Å². The summed E-state index contributed by atoms with van der Waals surface area (Å²) in [6.07, 6.45) is -8.54. The van der Waals surface area contributed by atoms with E-state index in [1.54, 1.807) is 0 Å². The molecule has 50 heavy (non-hydrogen) atoms. The van der Waals surface area contributed by atoms with Crippen LogP contribution in [0.3, 0.4) is 0 Å². The third-order valence-electron chi connectivity index (χ3n) is 7.36. The number of hydrogen-bond acceptors (Lipinski definition) is 3. The molecular weight excluding hydrogens is 696 g/mol. The molecule has 0 aliphatic carbocycles. The molecule has 0 bridgehead atoms. The second kappa shape index (κ2) is 15.5. The molecule has 4 rings (SSSR count). The van der Waals surface area contributed by atoms with Gasteiger partial charge < -0.3 is 14.2 Å². The minimum absolute atomic E-state index is 0.148. The van der Waals surface area contributed by atoms with Crippen LogP contribution >= 0.6 is 0 Å². The monoisotopic (exact) mass is 724 g/mol. The van der Waals surface area contributed by atoms with Gasteiger partial charge in [-0.1, -0.05) is 51.2 Å². The van der Waals surface area contributed by atoms with Gasteiger partial charge in [-0.3, -0.25) is 0 Å². The second-order valence-corrected chi connectivity index (χ2v) is 11.2. The summed E-state index contributed by atoms with van der Waals surface area (Å²) in [6, 6.07) is 6.24. The molecule has 0 amide bonds. The first-order valence-electron chi connectivity index (χ1n) is 15.2. The maximum Gasteiger partial charge on any atom is 0.573 e. The van der Waals surface area contributed by atoms with Gasteiger partial charge in [0, 0.05) is 18.2 Å². The molecule has 0 saturated heterocycles. The van der Waals surface area contributed by atoms with Crippen LogP contribution in [0.2, 0.25) is 0 Å². The van der Waals surface area contributed by atoms with E-state index >= 15 is 0 Å². The molecule has 0 saturated carbocycles. The van der Waals surface area contributed by atoms with E-state index in [-0.39, 0.29) is 23.6 Å². The average Bonchev–Trinajstić information content (AvgIpc) is 2.99. The molecular formula is C35H28F12O3. The van der Waals surface area contributed by atoms with E-state index in [0.29, 0.717) is 42.8 Å².